The number of hydrogen-bond acceptors (Lipinski definition) is 4. The Morgan fingerprint density at radius 2 is 1.76 bits per heavy atom. The Morgan fingerprint density at radius 1 is 1.07 bits per heavy atom. The van der Waals surface area contributed by atoms with Gasteiger partial charge in [-0.3, -0.25) is 25.2 Å². The van der Waals surface area contributed by atoms with E-state index < -0.39 is 11.8 Å². The molecule has 1 aliphatic heterocycles. The van der Waals surface area contributed by atoms with Crippen LogP contribution in [0.3, 0.4) is 0 Å². The quantitative estimate of drug-likeness (QED) is 0.735. The van der Waals surface area contributed by atoms with Gasteiger partial charge in [0, 0.05) is 25.1 Å². The van der Waals surface area contributed by atoms with Crippen LogP contribution in [0.4, 0.5) is 0 Å². The summed E-state index contributed by atoms with van der Waals surface area (Å²) in [5, 5.41) is 0. The van der Waals surface area contributed by atoms with Crippen molar-refractivity contribution in [1.29, 1.82) is 0 Å². The Balaban J connectivity index is 1.49. The molecule has 1 fully saturated rings. The molecule has 29 heavy (non-hydrogen) atoms. The molecule has 1 atom stereocenters. The molecule has 1 heterocycles. The summed E-state index contributed by atoms with van der Waals surface area (Å²) in [7, 11) is 0. The van der Waals surface area contributed by atoms with Crippen molar-refractivity contribution in [1.82, 2.24) is 15.8 Å². The van der Waals surface area contributed by atoms with Crippen molar-refractivity contribution in [2.24, 2.45) is 5.92 Å². The molecule has 1 unspecified atom stereocenters. The first kappa shape index (κ1) is 20.4. The first-order chi connectivity index (χ1) is 13.9. The van der Waals surface area contributed by atoms with Crippen molar-refractivity contribution in [3.05, 3.63) is 65.7 Å². The largest absolute Gasteiger partial charge is 0.491 e. The molecule has 1 aliphatic rings. The normalized spacial score (nSPS) is 16.0. The summed E-state index contributed by atoms with van der Waals surface area (Å²) in [6.07, 6.45) is 0.181. The molecule has 0 aliphatic carbocycles. The van der Waals surface area contributed by atoms with E-state index in [0.29, 0.717) is 24.4 Å². The predicted molar refractivity (Wildman–Crippen MR) is 108 cm³/mol. The third-order valence-electron chi connectivity index (χ3n) is 4.59. The van der Waals surface area contributed by atoms with Gasteiger partial charge in [-0.25, -0.2) is 0 Å². The summed E-state index contributed by atoms with van der Waals surface area (Å²) in [5.74, 6) is -0.695. The molecule has 0 spiro atoms. The smallest absolute Gasteiger partial charge is 0.269 e. The van der Waals surface area contributed by atoms with Gasteiger partial charge in [0.25, 0.3) is 5.91 Å². The number of rotatable bonds is 6. The summed E-state index contributed by atoms with van der Waals surface area (Å²) >= 11 is 0. The monoisotopic (exact) mass is 395 g/mol. The van der Waals surface area contributed by atoms with Gasteiger partial charge in [-0.2, -0.15) is 0 Å². The molecule has 2 N–H and O–H groups in total. The zero-order valence-corrected chi connectivity index (χ0v) is 16.6. The van der Waals surface area contributed by atoms with Gasteiger partial charge in [0.05, 0.1) is 12.0 Å². The average Bonchev–Trinajstić information content (AvgIpc) is 3.07. The number of benzene rings is 2. The summed E-state index contributed by atoms with van der Waals surface area (Å²) in [5.41, 5.74) is 6.24. The highest BCUT2D eigenvalue weighted by molar-refractivity contribution is 5.96. The van der Waals surface area contributed by atoms with E-state index in [4.69, 9.17) is 4.74 Å². The van der Waals surface area contributed by atoms with Gasteiger partial charge in [0.1, 0.15) is 5.75 Å². The minimum atomic E-state index is -0.492. The van der Waals surface area contributed by atoms with E-state index in [9.17, 15) is 14.4 Å². The molecule has 3 rings (SSSR count). The Labute approximate surface area is 170 Å². The van der Waals surface area contributed by atoms with Crippen LogP contribution in [-0.4, -0.2) is 35.3 Å². The third kappa shape index (κ3) is 5.57. The maximum absolute atomic E-state index is 12.4. The van der Waals surface area contributed by atoms with E-state index in [1.54, 1.807) is 29.2 Å². The van der Waals surface area contributed by atoms with Crippen LogP contribution in [0.25, 0.3) is 0 Å². The summed E-state index contributed by atoms with van der Waals surface area (Å²) in [4.78, 5) is 38.5. The number of ether oxygens (including phenoxy) is 1. The number of carbonyl (C=O) groups excluding carboxylic acids is 3. The Morgan fingerprint density at radius 3 is 2.41 bits per heavy atom. The van der Waals surface area contributed by atoms with Gasteiger partial charge in [-0.15, -0.1) is 0 Å². The topological polar surface area (TPSA) is 87.7 Å². The van der Waals surface area contributed by atoms with Crippen LogP contribution < -0.4 is 15.6 Å². The lowest BCUT2D eigenvalue weighted by Gasteiger charge is -2.16. The van der Waals surface area contributed by atoms with Crippen molar-refractivity contribution in [3.8, 4) is 5.75 Å². The number of amides is 3. The van der Waals surface area contributed by atoms with E-state index in [1.807, 2.05) is 44.2 Å². The van der Waals surface area contributed by atoms with Crippen molar-refractivity contribution < 1.29 is 19.1 Å². The maximum atomic E-state index is 12.4. The zero-order valence-electron chi connectivity index (χ0n) is 16.6. The van der Waals surface area contributed by atoms with Crippen molar-refractivity contribution in [2.75, 3.05) is 6.54 Å². The first-order valence-electron chi connectivity index (χ1n) is 9.61. The van der Waals surface area contributed by atoms with E-state index in [-0.39, 0.29) is 24.3 Å². The van der Waals surface area contributed by atoms with Crippen molar-refractivity contribution in [2.45, 2.75) is 32.9 Å². The van der Waals surface area contributed by atoms with Gasteiger partial charge >= 0.3 is 0 Å². The van der Waals surface area contributed by atoms with E-state index in [2.05, 4.69) is 10.9 Å². The molecule has 1 saturated heterocycles. The van der Waals surface area contributed by atoms with E-state index in [1.165, 1.54) is 0 Å². The molecule has 2 aromatic rings. The van der Waals surface area contributed by atoms with E-state index in [0.717, 1.165) is 5.56 Å². The summed E-state index contributed by atoms with van der Waals surface area (Å²) < 4.78 is 5.54. The molecule has 7 nitrogen and oxygen atoms in total. The van der Waals surface area contributed by atoms with Crippen molar-refractivity contribution >= 4 is 17.7 Å². The Bertz CT molecular complexity index is 865. The minimum absolute atomic E-state index is 0.0459. The van der Waals surface area contributed by atoms with Crippen LogP contribution in [0.5, 0.6) is 5.75 Å². The molecular formula is C22H25N3O4. The highest BCUT2D eigenvalue weighted by Crippen LogP contribution is 2.20. The number of nitrogens with one attached hydrogen (secondary N) is 2. The summed E-state index contributed by atoms with van der Waals surface area (Å²) in [6.45, 7) is 4.65. The van der Waals surface area contributed by atoms with E-state index >= 15 is 0 Å². The van der Waals surface area contributed by atoms with Crippen LogP contribution in [0, 0.1) is 5.92 Å². The standard InChI is InChI=1S/C22H25N3O4/c1-15(2)29-19-10-8-17(9-11-19)21(27)23-24-22(28)18-12-20(26)25(14-18)13-16-6-4-3-5-7-16/h3-11,15,18H,12-14H2,1-2H3,(H,23,27)(H,24,28). The second kappa shape index (κ2) is 9.23. The SMILES string of the molecule is CC(C)Oc1ccc(C(=O)NNC(=O)C2CC(=O)N(Cc3ccccc3)C2)cc1. The van der Waals surface area contributed by atoms with Gasteiger partial charge in [0.2, 0.25) is 11.8 Å². The average molecular weight is 395 g/mol. The van der Waals surface area contributed by atoms with Crippen molar-refractivity contribution in [3.63, 3.8) is 0 Å². The molecule has 3 amide bonds. The second-order valence-electron chi connectivity index (χ2n) is 7.30. The molecular weight excluding hydrogens is 370 g/mol. The lowest BCUT2D eigenvalue weighted by Crippen LogP contribution is -2.45. The second-order valence-corrected chi connectivity index (χ2v) is 7.30. The lowest BCUT2D eigenvalue weighted by molar-refractivity contribution is -0.129. The first-order valence-corrected chi connectivity index (χ1v) is 9.61. The Kier molecular flexibility index (Phi) is 6.49. The fourth-order valence-electron chi connectivity index (χ4n) is 3.15. The highest BCUT2D eigenvalue weighted by atomic mass is 16.5. The zero-order chi connectivity index (χ0) is 20.8. The number of hydrazine groups is 1. The fourth-order valence-corrected chi connectivity index (χ4v) is 3.15. The molecule has 2 aromatic carbocycles. The Hall–Kier alpha value is -3.35. The van der Waals surface area contributed by atoms with Crippen LogP contribution >= 0.6 is 0 Å². The lowest BCUT2D eigenvalue weighted by atomic mass is 10.1. The molecule has 0 aromatic heterocycles. The molecule has 0 bridgehead atoms. The number of nitrogens with zero attached hydrogens (tertiary/aromatic N) is 1. The third-order valence-corrected chi connectivity index (χ3v) is 4.59. The molecule has 0 radical (unpaired) electrons. The molecule has 0 saturated carbocycles. The number of hydrogen-bond donors (Lipinski definition) is 2. The van der Waals surface area contributed by atoms with Crippen LogP contribution in [0.15, 0.2) is 54.6 Å². The van der Waals surface area contributed by atoms with Gasteiger partial charge < -0.3 is 9.64 Å². The van der Waals surface area contributed by atoms with Gasteiger partial charge in [0.15, 0.2) is 0 Å². The molecule has 7 heteroatoms. The summed E-state index contributed by atoms with van der Waals surface area (Å²) in [6, 6.07) is 16.3. The van der Waals surface area contributed by atoms with Crippen LogP contribution in [0.2, 0.25) is 0 Å². The van der Waals surface area contributed by atoms with Gasteiger partial charge in [-0.1, -0.05) is 30.3 Å². The van der Waals surface area contributed by atoms with Crippen LogP contribution in [0.1, 0.15) is 36.2 Å². The van der Waals surface area contributed by atoms with Gasteiger partial charge in [-0.05, 0) is 43.7 Å². The highest BCUT2D eigenvalue weighted by Gasteiger charge is 2.34. The number of likely N-dealkylation sites (tertiary alicyclic amines) is 1. The number of carbonyl (C=O) groups is 3. The van der Waals surface area contributed by atoms with Crippen LogP contribution in [-0.2, 0) is 16.1 Å². The predicted octanol–water partition coefficient (Wildman–Crippen LogP) is 2.28. The maximum Gasteiger partial charge on any atom is 0.269 e. The fraction of sp³-hybridized carbons (Fsp3) is 0.318. The minimum Gasteiger partial charge on any atom is -0.491 e. The molecule has 152 valence electrons.